The second-order valence-corrected chi connectivity index (χ2v) is 15.9. The summed E-state index contributed by atoms with van der Waals surface area (Å²) in [6, 6.07) is 13.4. The molecule has 0 saturated heterocycles. The van der Waals surface area contributed by atoms with Gasteiger partial charge in [-0.2, -0.15) is 0 Å². The van der Waals surface area contributed by atoms with E-state index in [4.69, 9.17) is 0 Å². The maximum atomic E-state index is 14.3. The highest BCUT2D eigenvalue weighted by atomic mass is 16.7. The third-order valence-corrected chi connectivity index (χ3v) is 10.2. The zero-order valence-corrected chi connectivity index (χ0v) is 36.3. The molecule has 0 aliphatic carbocycles. The standard InChI is InChI=1S/C46H62N6O11/c1-5-7-14-35(41(56)49-39(26-31-16-20-33(54)21-17-31)45(60)51-40(46(61)62)27-32-18-22-34(55)23-19-32)47-44(59)38(25-30-12-10-9-11-13-30)50-43(58)37(24-29(3)4)48-42(57)36(15-8-6-2)52-63-28-53/h9-13,16-23,28-29,35-40,52,54-55H,5-8,14-15,24-27H2,1-4H3,(H,47,59)(H,48,57)(H,49,56)(H,50,58)(H,51,60)(H,61,62). The molecule has 0 radical (unpaired) electrons. The van der Waals surface area contributed by atoms with Crippen molar-refractivity contribution in [1.29, 1.82) is 0 Å². The Kier molecular flexibility index (Phi) is 21.6. The molecule has 0 aromatic heterocycles. The van der Waals surface area contributed by atoms with Gasteiger partial charge in [-0.05, 0) is 66.1 Å². The lowest BCUT2D eigenvalue weighted by molar-refractivity contribution is -0.143. The van der Waals surface area contributed by atoms with Crippen LogP contribution < -0.4 is 32.1 Å². The van der Waals surface area contributed by atoms with Crippen LogP contribution in [0.15, 0.2) is 78.9 Å². The summed E-state index contributed by atoms with van der Waals surface area (Å²) >= 11 is 0. The molecule has 0 heterocycles. The topological polar surface area (TPSA) is 262 Å². The molecule has 3 aromatic rings. The molecule has 63 heavy (non-hydrogen) atoms. The van der Waals surface area contributed by atoms with Gasteiger partial charge in [0.2, 0.25) is 29.5 Å². The summed E-state index contributed by atoms with van der Waals surface area (Å²) < 4.78 is 0. The van der Waals surface area contributed by atoms with Gasteiger partial charge < -0.3 is 46.7 Å². The average molecular weight is 875 g/mol. The summed E-state index contributed by atoms with van der Waals surface area (Å²) in [4.78, 5) is 97.7. The minimum atomic E-state index is -1.41. The molecule has 9 N–H and O–H groups in total. The van der Waals surface area contributed by atoms with E-state index in [1.807, 2.05) is 27.7 Å². The van der Waals surface area contributed by atoms with Crippen LogP contribution in [0.1, 0.15) is 89.3 Å². The van der Waals surface area contributed by atoms with Gasteiger partial charge in [0.25, 0.3) is 0 Å². The number of unbranched alkanes of at least 4 members (excludes halogenated alkanes) is 2. The number of carboxylic acids is 1. The number of rotatable bonds is 28. The van der Waals surface area contributed by atoms with E-state index >= 15 is 0 Å². The van der Waals surface area contributed by atoms with Crippen molar-refractivity contribution in [1.82, 2.24) is 32.1 Å². The largest absolute Gasteiger partial charge is 0.508 e. The molecule has 0 saturated carbocycles. The molecule has 0 bridgehead atoms. The number of nitrogens with one attached hydrogen (secondary N) is 6. The van der Waals surface area contributed by atoms with Gasteiger partial charge in [0.1, 0.15) is 47.8 Å². The van der Waals surface area contributed by atoms with Crippen LogP contribution in [0.5, 0.6) is 11.5 Å². The fourth-order valence-corrected chi connectivity index (χ4v) is 6.71. The van der Waals surface area contributed by atoms with Crippen LogP contribution in [-0.4, -0.2) is 93.5 Å². The molecule has 0 fully saturated rings. The van der Waals surface area contributed by atoms with Crippen LogP contribution in [0.25, 0.3) is 0 Å². The van der Waals surface area contributed by atoms with Gasteiger partial charge in [-0.15, -0.1) is 5.48 Å². The predicted octanol–water partition coefficient (Wildman–Crippen LogP) is 3.11. The summed E-state index contributed by atoms with van der Waals surface area (Å²) in [5, 5.41) is 43.1. The van der Waals surface area contributed by atoms with Gasteiger partial charge in [-0.3, -0.25) is 28.8 Å². The second kappa shape index (κ2) is 26.8. The lowest BCUT2D eigenvalue weighted by Gasteiger charge is -2.28. The number of aromatic hydroxyl groups is 2. The molecular formula is C46H62N6O11. The quantitative estimate of drug-likeness (QED) is 0.0377. The summed E-state index contributed by atoms with van der Waals surface area (Å²) in [5.41, 5.74) is 4.17. The number of carbonyl (C=O) groups is 7. The monoisotopic (exact) mass is 874 g/mol. The zero-order valence-electron chi connectivity index (χ0n) is 36.3. The maximum absolute atomic E-state index is 14.3. The minimum absolute atomic E-state index is 0.0141. The molecule has 6 atom stereocenters. The fraction of sp³-hybridized carbons (Fsp3) is 0.457. The highest BCUT2D eigenvalue weighted by Crippen LogP contribution is 2.15. The molecule has 0 aliphatic heterocycles. The van der Waals surface area contributed by atoms with Crippen molar-refractivity contribution in [3.05, 3.63) is 95.6 Å². The van der Waals surface area contributed by atoms with Crippen molar-refractivity contribution in [2.45, 2.75) is 128 Å². The molecule has 5 amide bonds. The molecule has 6 unspecified atom stereocenters. The number of carboxylic acid groups (broad SMARTS) is 1. The van der Waals surface area contributed by atoms with Crippen molar-refractivity contribution < 1.29 is 53.7 Å². The van der Waals surface area contributed by atoms with E-state index in [1.165, 1.54) is 36.4 Å². The average Bonchev–Trinajstić information content (AvgIpc) is 3.25. The molecule has 342 valence electrons. The van der Waals surface area contributed by atoms with E-state index in [0.29, 0.717) is 42.4 Å². The fourth-order valence-electron chi connectivity index (χ4n) is 6.71. The summed E-state index contributed by atoms with van der Waals surface area (Å²) in [5.74, 6) is -4.94. The Morgan fingerprint density at radius 2 is 0.921 bits per heavy atom. The molecular weight excluding hydrogens is 813 g/mol. The lowest BCUT2D eigenvalue weighted by atomic mass is 9.99. The Morgan fingerprint density at radius 1 is 0.540 bits per heavy atom. The number of hydroxylamine groups is 1. The van der Waals surface area contributed by atoms with Crippen LogP contribution in [0.3, 0.4) is 0 Å². The number of hydrogen-bond donors (Lipinski definition) is 9. The first-order chi connectivity index (χ1) is 30.1. The van der Waals surface area contributed by atoms with E-state index in [0.717, 1.165) is 6.42 Å². The highest BCUT2D eigenvalue weighted by Gasteiger charge is 2.34. The van der Waals surface area contributed by atoms with Gasteiger partial charge in [-0.25, -0.2) is 4.79 Å². The first-order valence-electron chi connectivity index (χ1n) is 21.3. The molecule has 0 spiro atoms. The Labute approximate surface area is 368 Å². The molecule has 3 rings (SSSR count). The summed E-state index contributed by atoms with van der Waals surface area (Å²) in [6.07, 6.45) is 2.97. The van der Waals surface area contributed by atoms with E-state index in [9.17, 15) is 48.9 Å². The SMILES string of the molecule is CCCCC(NOC=O)C(=O)NC(CC(C)C)C(=O)NC(Cc1ccccc1)C(=O)NC(CCCC)C(=O)NC(Cc1ccc(O)cc1)C(=O)NC(Cc1ccc(O)cc1)C(=O)O. The lowest BCUT2D eigenvalue weighted by Crippen LogP contribution is -2.60. The van der Waals surface area contributed by atoms with Crippen molar-refractivity contribution in [3.63, 3.8) is 0 Å². The molecule has 17 heteroatoms. The van der Waals surface area contributed by atoms with Gasteiger partial charge in [0, 0.05) is 19.3 Å². The molecule has 0 aliphatic rings. The minimum Gasteiger partial charge on any atom is -0.508 e. The maximum Gasteiger partial charge on any atom is 0.326 e. The van der Waals surface area contributed by atoms with Gasteiger partial charge in [0.05, 0.1) is 0 Å². The normalized spacial score (nSPS) is 13.9. The Bertz CT molecular complexity index is 1930. The number of amides is 5. The Morgan fingerprint density at radius 3 is 1.38 bits per heavy atom. The molecule has 3 aromatic carbocycles. The second-order valence-electron chi connectivity index (χ2n) is 15.9. The first kappa shape index (κ1) is 50.9. The molecule has 17 nitrogen and oxygen atoms in total. The van der Waals surface area contributed by atoms with Crippen LogP contribution >= 0.6 is 0 Å². The summed E-state index contributed by atoms with van der Waals surface area (Å²) in [6.45, 7) is 7.73. The smallest absolute Gasteiger partial charge is 0.326 e. The van der Waals surface area contributed by atoms with Crippen LogP contribution in [0, 0.1) is 5.92 Å². The number of phenols is 2. The van der Waals surface area contributed by atoms with Crippen molar-refractivity contribution in [2.24, 2.45) is 5.92 Å². The third-order valence-electron chi connectivity index (χ3n) is 10.2. The predicted molar refractivity (Wildman–Crippen MR) is 234 cm³/mol. The number of phenolic OH excluding ortho intramolecular Hbond substituents is 2. The van der Waals surface area contributed by atoms with Crippen molar-refractivity contribution >= 4 is 42.0 Å². The van der Waals surface area contributed by atoms with E-state index in [1.54, 1.807) is 42.5 Å². The van der Waals surface area contributed by atoms with Crippen molar-refractivity contribution in [3.8, 4) is 11.5 Å². The first-order valence-corrected chi connectivity index (χ1v) is 21.3. The number of aliphatic carboxylic acids is 1. The van der Waals surface area contributed by atoms with E-state index in [2.05, 4.69) is 36.9 Å². The van der Waals surface area contributed by atoms with E-state index < -0.39 is 71.8 Å². The summed E-state index contributed by atoms with van der Waals surface area (Å²) in [7, 11) is 0. The van der Waals surface area contributed by atoms with Crippen LogP contribution in [-0.2, 0) is 57.7 Å². The van der Waals surface area contributed by atoms with Crippen molar-refractivity contribution in [2.75, 3.05) is 0 Å². The Balaban J connectivity index is 1.91. The zero-order chi connectivity index (χ0) is 46.3. The van der Waals surface area contributed by atoms with Crippen LogP contribution in [0.2, 0.25) is 0 Å². The van der Waals surface area contributed by atoms with Gasteiger partial charge in [-0.1, -0.05) is 108 Å². The van der Waals surface area contributed by atoms with Crippen LogP contribution in [0.4, 0.5) is 0 Å². The van der Waals surface area contributed by atoms with Gasteiger partial charge in [0.15, 0.2) is 0 Å². The van der Waals surface area contributed by atoms with E-state index in [-0.39, 0.29) is 56.0 Å². The number of benzene rings is 3. The number of carbonyl (C=O) groups excluding carboxylic acids is 6. The Hall–Kier alpha value is -6.49. The van der Waals surface area contributed by atoms with Gasteiger partial charge >= 0.3 is 12.4 Å². The third kappa shape index (κ3) is 18.2. The highest BCUT2D eigenvalue weighted by molar-refractivity contribution is 5.96. The number of hydrogen-bond acceptors (Lipinski definition) is 11.